The van der Waals surface area contributed by atoms with Crippen LogP contribution < -0.4 is 0 Å². The van der Waals surface area contributed by atoms with Gasteiger partial charge in [0.15, 0.2) is 0 Å². The lowest BCUT2D eigenvalue weighted by atomic mass is 10.0. The molecule has 0 nitrogen and oxygen atoms in total. The van der Waals surface area contributed by atoms with Gasteiger partial charge < -0.3 is 0 Å². The lowest BCUT2D eigenvalue weighted by molar-refractivity contribution is 0.549. The molecule has 104 valence electrons. The first-order valence-electron chi connectivity index (χ1n) is 7.60. The fourth-order valence-corrected chi connectivity index (χ4v) is 2.74. The minimum atomic E-state index is 0.634. The Balaban J connectivity index is 3.05. The Labute approximate surface area is 120 Å². The molecule has 0 amide bonds. The molecule has 0 N–H and O–H groups in total. The van der Waals surface area contributed by atoms with Crippen LogP contribution in [0.2, 0.25) is 0 Å². The van der Waals surface area contributed by atoms with E-state index in [1.165, 1.54) is 77.0 Å². The molecule has 2 heteroatoms. The summed E-state index contributed by atoms with van der Waals surface area (Å²) in [4.78, 5) is 0. The third-order valence-electron chi connectivity index (χ3n) is 3.34. The summed E-state index contributed by atoms with van der Waals surface area (Å²) in [6.07, 6.45) is 16.5. The highest BCUT2D eigenvalue weighted by molar-refractivity contribution is 7.81. The van der Waals surface area contributed by atoms with E-state index < -0.39 is 0 Å². The third kappa shape index (κ3) is 14.6. The van der Waals surface area contributed by atoms with Crippen molar-refractivity contribution >= 4 is 25.3 Å². The first kappa shape index (κ1) is 17.7. The molecule has 0 aromatic heterocycles. The van der Waals surface area contributed by atoms with Crippen molar-refractivity contribution in [3.05, 3.63) is 0 Å². The molecule has 1 atom stereocenters. The molecule has 0 saturated carbocycles. The summed E-state index contributed by atoms with van der Waals surface area (Å²) in [5.74, 6) is 1.03. The van der Waals surface area contributed by atoms with Crippen molar-refractivity contribution in [1.29, 1.82) is 0 Å². The van der Waals surface area contributed by atoms with E-state index in [0.29, 0.717) is 5.25 Å². The first-order valence-corrected chi connectivity index (χ1v) is 8.75. The van der Waals surface area contributed by atoms with Gasteiger partial charge in [0.1, 0.15) is 0 Å². The van der Waals surface area contributed by atoms with Crippen molar-refractivity contribution in [2.45, 2.75) is 89.2 Å². The molecule has 1 unspecified atom stereocenters. The van der Waals surface area contributed by atoms with E-state index >= 15 is 0 Å². The van der Waals surface area contributed by atoms with Gasteiger partial charge in [0.2, 0.25) is 0 Å². The van der Waals surface area contributed by atoms with E-state index in [0.717, 1.165) is 5.75 Å². The van der Waals surface area contributed by atoms with E-state index in [2.05, 4.69) is 32.2 Å². The normalized spacial score (nSPS) is 12.9. The highest BCUT2D eigenvalue weighted by atomic mass is 32.1. The van der Waals surface area contributed by atoms with Crippen molar-refractivity contribution in [2.24, 2.45) is 0 Å². The van der Waals surface area contributed by atoms with Crippen LogP contribution in [0, 0.1) is 0 Å². The lowest BCUT2D eigenvalue weighted by Gasteiger charge is -2.09. The quantitative estimate of drug-likeness (QED) is 0.303. The molecular formula is C15H32S2. The number of rotatable bonds is 13. The molecule has 17 heavy (non-hydrogen) atoms. The second kappa shape index (κ2) is 14.8. The van der Waals surface area contributed by atoms with Crippen LogP contribution in [0.15, 0.2) is 0 Å². The predicted molar refractivity (Wildman–Crippen MR) is 87.7 cm³/mol. The van der Waals surface area contributed by atoms with Crippen molar-refractivity contribution in [3.63, 3.8) is 0 Å². The smallest absolute Gasteiger partial charge is 0.00168 e. The Bertz CT molecular complexity index is 137. The first-order chi connectivity index (χ1) is 8.31. The van der Waals surface area contributed by atoms with E-state index in [9.17, 15) is 0 Å². The molecule has 0 fully saturated rings. The fourth-order valence-electron chi connectivity index (χ4n) is 2.15. The third-order valence-corrected chi connectivity index (χ3v) is 4.17. The second-order valence-electron chi connectivity index (χ2n) is 5.14. The number of thiol groups is 2. The summed E-state index contributed by atoms with van der Waals surface area (Å²) >= 11 is 8.88. The van der Waals surface area contributed by atoms with Crippen LogP contribution in [0.1, 0.15) is 84.0 Å². The molecule has 0 aromatic carbocycles. The van der Waals surface area contributed by atoms with Crippen molar-refractivity contribution < 1.29 is 0 Å². The molecule has 0 spiro atoms. The molecular weight excluding hydrogens is 244 g/mol. The molecule has 0 heterocycles. The average Bonchev–Trinajstić information content (AvgIpc) is 2.33. The highest BCUT2D eigenvalue weighted by Crippen LogP contribution is 2.16. The molecule has 0 aliphatic carbocycles. The van der Waals surface area contributed by atoms with Crippen LogP contribution in [-0.4, -0.2) is 11.0 Å². The second-order valence-corrected chi connectivity index (χ2v) is 6.31. The van der Waals surface area contributed by atoms with Gasteiger partial charge in [-0.1, -0.05) is 64.7 Å². The van der Waals surface area contributed by atoms with Gasteiger partial charge in [0, 0.05) is 5.25 Å². The maximum atomic E-state index is 4.65. The SMILES string of the molecule is CCCCCCCCCCC(S)CCCCS. The van der Waals surface area contributed by atoms with Crippen LogP contribution >= 0.6 is 25.3 Å². The fraction of sp³-hybridized carbons (Fsp3) is 1.00. The highest BCUT2D eigenvalue weighted by Gasteiger charge is 2.02. The Morgan fingerprint density at radius 2 is 1.18 bits per heavy atom. The zero-order chi connectivity index (χ0) is 12.8. The monoisotopic (exact) mass is 276 g/mol. The summed E-state index contributed by atoms with van der Waals surface area (Å²) in [5.41, 5.74) is 0. The van der Waals surface area contributed by atoms with Gasteiger partial charge in [-0.15, -0.1) is 0 Å². The topological polar surface area (TPSA) is 0 Å². The van der Waals surface area contributed by atoms with Crippen LogP contribution in [0.3, 0.4) is 0 Å². The van der Waals surface area contributed by atoms with Crippen LogP contribution in [0.4, 0.5) is 0 Å². The summed E-state index contributed by atoms with van der Waals surface area (Å²) in [6.45, 7) is 2.28. The van der Waals surface area contributed by atoms with Gasteiger partial charge in [0.05, 0.1) is 0 Å². The Hall–Kier alpha value is 0.700. The molecule has 0 rings (SSSR count). The van der Waals surface area contributed by atoms with Crippen molar-refractivity contribution in [2.75, 3.05) is 5.75 Å². The number of unbranched alkanes of at least 4 members (excludes halogenated alkanes) is 8. The summed E-state index contributed by atoms with van der Waals surface area (Å²) < 4.78 is 0. The zero-order valence-electron chi connectivity index (χ0n) is 11.7. The van der Waals surface area contributed by atoms with Gasteiger partial charge in [-0.3, -0.25) is 0 Å². The van der Waals surface area contributed by atoms with Crippen LogP contribution in [0.25, 0.3) is 0 Å². The van der Waals surface area contributed by atoms with Gasteiger partial charge >= 0.3 is 0 Å². The average molecular weight is 277 g/mol. The van der Waals surface area contributed by atoms with E-state index in [-0.39, 0.29) is 0 Å². The maximum absolute atomic E-state index is 4.65. The number of hydrogen-bond donors (Lipinski definition) is 2. The molecule has 0 bridgehead atoms. The summed E-state index contributed by atoms with van der Waals surface area (Å²) in [5, 5.41) is 0.634. The van der Waals surface area contributed by atoms with Crippen molar-refractivity contribution in [3.8, 4) is 0 Å². The van der Waals surface area contributed by atoms with E-state index in [1.807, 2.05) is 0 Å². The standard InChI is InChI=1S/C15H32S2/c1-2-3-4-5-6-7-8-9-12-15(17)13-10-11-14-16/h15-17H,2-14H2,1H3. The molecule has 0 aliphatic heterocycles. The minimum absolute atomic E-state index is 0.634. The Kier molecular flexibility index (Phi) is 15.4. The Morgan fingerprint density at radius 1 is 0.706 bits per heavy atom. The molecule has 0 aromatic rings. The van der Waals surface area contributed by atoms with Gasteiger partial charge in [0.25, 0.3) is 0 Å². The van der Waals surface area contributed by atoms with E-state index in [1.54, 1.807) is 0 Å². The summed E-state index contributed by atoms with van der Waals surface area (Å²) in [7, 11) is 0. The number of hydrogen-bond acceptors (Lipinski definition) is 2. The minimum Gasteiger partial charge on any atom is -0.179 e. The Morgan fingerprint density at radius 3 is 1.71 bits per heavy atom. The van der Waals surface area contributed by atoms with Gasteiger partial charge in [-0.25, -0.2) is 0 Å². The van der Waals surface area contributed by atoms with E-state index in [4.69, 9.17) is 0 Å². The lowest BCUT2D eigenvalue weighted by Crippen LogP contribution is -1.98. The van der Waals surface area contributed by atoms with Crippen LogP contribution in [0.5, 0.6) is 0 Å². The molecule has 0 aliphatic rings. The zero-order valence-corrected chi connectivity index (χ0v) is 13.5. The molecule has 0 saturated heterocycles. The molecule has 0 radical (unpaired) electrons. The van der Waals surface area contributed by atoms with Gasteiger partial charge in [-0.2, -0.15) is 25.3 Å². The predicted octanol–water partition coefficient (Wildman–Crippen LogP) is 5.92. The maximum Gasteiger partial charge on any atom is 0.00168 e. The summed E-state index contributed by atoms with van der Waals surface area (Å²) in [6, 6.07) is 0. The largest absolute Gasteiger partial charge is 0.179 e. The van der Waals surface area contributed by atoms with Crippen molar-refractivity contribution in [1.82, 2.24) is 0 Å². The van der Waals surface area contributed by atoms with Gasteiger partial charge in [-0.05, 0) is 25.0 Å². The van der Waals surface area contributed by atoms with Crippen LogP contribution in [-0.2, 0) is 0 Å².